The molecule has 124 valence electrons. The molecular weight excluding hydrogens is 284 g/mol. The van der Waals surface area contributed by atoms with E-state index in [1.54, 1.807) is 0 Å². The molecule has 0 N–H and O–H groups in total. The summed E-state index contributed by atoms with van der Waals surface area (Å²) in [6.45, 7) is 12.0. The summed E-state index contributed by atoms with van der Waals surface area (Å²) < 4.78 is 16.3. The minimum Gasteiger partial charge on any atom is -0.458 e. The van der Waals surface area contributed by atoms with Gasteiger partial charge in [-0.15, -0.1) is 0 Å². The Morgan fingerprint density at radius 1 is 1.45 bits per heavy atom. The minimum atomic E-state index is -0.443. The van der Waals surface area contributed by atoms with Crippen molar-refractivity contribution < 1.29 is 18.7 Å². The highest BCUT2D eigenvalue weighted by Crippen LogP contribution is 2.19. The van der Waals surface area contributed by atoms with Gasteiger partial charge in [0.2, 0.25) is 0 Å². The Kier molecular flexibility index (Phi) is 5.97. The maximum absolute atomic E-state index is 12.1. The van der Waals surface area contributed by atoms with Gasteiger partial charge < -0.3 is 13.9 Å². The number of carbonyl (C=O) groups excluding carboxylic acids is 1. The lowest BCUT2D eigenvalue weighted by Crippen LogP contribution is -2.45. The van der Waals surface area contributed by atoms with Crippen molar-refractivity contribution in [3.05, 3.63) is 17.8 Å². The maximum atomic E-state index is 12.1. The van der Waals surface area contributed by atoms with Gasteiger partial charge in [0.15, 0.2) is 12.1 Å². The van der Waals surface area contributed by atoms with Crippen molar-refractivity contribution in [3.8, 4) is 0 Å². The molecule has 22 heavy (non-hydrogen) atoms. The molecule has 6 heteroatoms. The van der Waals surface area contributed by atoms with Crippen LogP contribution in [0.4, 0.5) is 0 Å². The molecule has 0 amide bonds. The van der Waals surface area contributed by atoms with Gasteiger partial charge >= 0.3 is 5.97 Å². The SMILES string of the molecule is CC(C)CN1CCO[C@@H](COC(=O)c2ncoc2C(C)C)C1. The van der Waals surface area contributed by atoms with Crippen molar-refractivity contribution in [2.45, 2.75) is 39.7 Å². The van der Waals surface area contributed by atoms with Crippen molar-refractivity contribution in [1.29, 1.82) is 0 Å². The predicted octanol–water partition coefficient (Wildman–Crippen LogP) is 2.31. The van der Waals surface area contributed by atoms with Gasteiger partial charge in [-0.2, -0.15) is 0 Å². The number of aromatic nitrogens is 1. The molecule has 1 saturated heterocycles. The number of nitrogens with zero attached hydrogens (tertiary/aromatic N) is 2. The summed E-state index contributed by atoms with van der Waals surface area (Å²) in [5.41, 5.74) is 0.268. The fourth-order valence-corrected chi connectivity index (χ4v) is 2.62. The average Bonchev–Trinajstić information content (AvgIpc) is 2.94. The smallest absolute Gasteiger partial charge is 0.360 e. The van der Waals surface area contributed by atoms with Crippen molar-refractivity contribution in [2.75, 3.05) is 32.8 Å². The standard InChI is InChI=1S/C16H26N2O4/c1-11(2)7-18-5-6-20-13(8-18)9-21-16(19)14-15(12(3)4)22-10-17-14/h10-13H,5-9H2,1-4H3/t13-/m1/s1. The summed E-state index contributed by atoms with van der Waals surface area (Å²) in [7, 11) is 0. The minimum absolute atomic E-state index is 0.0779. The molecule has 1 fully saturated rings. The molecule has 2 heterocycles. The summed E-state index contributed by atoms with van der Waals surface area (Å²) >= 11 is 0. The highest BCUT2D eigenvalue weighted by atomic mass is 16.6. The van der Waals surface area contributed by atoms with E-state index < -0.39 is 5.97 Å². The molecule has 0 unspecified atom stereocenters. The number of hydrogen-bond donors (Lipinski definition) is 0. The van der Waals surface area contributed by atoms with Crippen LogP contribution in [0.5, 0.6) is 0 Å². The second-order valence-corrected chi connectivity index (χ2v) is 6.46. The van der Waals surface area contributed by atoms with E-state index in [0.29, 0.717) is 18.3 Å². The van der Waals surface area contributed by atoms with E-state index in [-0.39, 0.29) is 24.3 Å². The van der Waals surface area contributed by atoms with E-state index in [1.807, 2.05) is 13.8 Å². The van der Waals surface area contributed by atoms with Crippen LogP contribution in [0, 0.1) is 5.92 Å². The van der Waals surface area contributed by atoms with Gasteiger partial charge in [0, 0.05) is 25.6 Å². The first-order chi connectivity index (χ1) is 10.5. The van der Waals surface area contributed by atoms with Crippen LogP contribution in [0.15, 0.2) is 10.8 Å². The summed E-state index contributed by atoms with van der Waals surface area (Å²) in [5.74, 6) is 0.834. The molecule has 0 aliphatic carbocycles. The quantitative estimate of drug-likeness (QED) is 0.751. The third-order valence-corrected chi connectivity index (χ3v) is 3.56. The molecule has 1 aliphatic rings. The fourth-order valence-electron chi connectivity index (χ4n) is 2.62. The van der Waals surface area contributed by atoms with Crippen LogP contribution in [-0.2, 0) is 9.47 Å². The van der Waals surface area contributed by atoms with Crippen LogP contribution in [0.2, 0.25) is 0 Å². The summed E-state index contributed by atoms with van der Waals surface area (Å²) in [5, 5.41) is 0. The monoisotopic (exact) mass is 310 g/mol. The van der Waals surface area contributed by atoms with E-state index in [9.17, 15) is 4.79 Å². The van der Waals surface area contributed by atoms with Crippen molar-refractivity contribution >= 4 is 5.97 Å². The van der Waals surface area contributed by atoms with E-state index >= 15 is 0 Å². The van der Waals surface area contributed by atoms with Crippen LogP contribution in [-0.4, -0.2) is 54.8 Å². The highest BCUT2D eigenvalue weighted by molar-refractivity contribution is 5.88. The highest BCUT2D eigenvalue weighted by Gasteiger charge is 2.25. The second kappa shape index (κ2) is 7.74. The number of carbonyl (C=O) groups is 1. The van der Waals surface area contributed by atoms with Gasteiger partial charge in [-0.1, -0.05) is 27.7 Å². The molecule has 1 atom stereocenters. The van der Waals surface area contributed by atoms with Gasteiger partial charge in [0.05, 0.1) is 6.61 Å². The lowest BCUT2D eigenvalue weighted by Gasteiger charge is -2.33. The maximum Gasteiger partial charge on any atom is 0.360 e. The molecule has 2 rings (SSSR count). The number of ether oxygens (including phenoxy) is 2. The summed E-state index contributed by atoms with van der Waals surface area (Å²) in [6, 6.07) is 0. The zero-order chi connectivity index (χ0) is 16.1. The first kappa shape index (κ1) is 17.0. The van der Waals surface area contributed by atoms with E-state index in [2.05, 4.69) is 23.7 Å². The number of rotatable bonds is 6. The van der Waals surface area contributed by atoms with Gasteiger partial charge in [-0.3, -0.25) is 4.90 Å². The molecule has 0 spiro atoms. The molecule has 1 aromatic heterocycles. The first-order valence-electron chi connectivity index (χ1n) is 7.91. The Hall–Kier alpha value is -1.40. The fraction of sp³-hybridized carbons (Fsp3) is 0.750. The molecule has 0 radical (unpaired) electrons. The van der Waals surface area contributed by atoms with Gasteiger partial charge in [0.1, 0.15) is 18.5 Å². The van der Waals surface area contributed by atoms with Crippen LogP contribution >= 0.6 is 0 Å². The third kappa shape index (κ3) is 4.55. The van der Waals surface area contributed by atoms with Crippen LogP contribution < -0.4 is 0 Å². The normalized spacial score (nSPS) is 19.8. The van der Waals surface area contributed by atoms with E-state index in [4.69, 9.17) is 13.9 Å². The molecule has 0 aromatic carbocycles. The van der Waals surface area contributed by atoms with Crippen molar-refractivity contribution in [3.63, 3.8) is 0 Å². The Morgan fingerprint density at radius 2 is 2.23 bits per heavy atom. The second-order valence-electron chi connectivity index (χ2n) is 6.46. The molecule has 1 aromatic rings. The van der Waals surface area contributed by atoms with Gasteiger partial charge in [-0.25, -0.2) is 9.78 Å². The number of esters is 1. The largest absolute Gasteiger partial charge is 0.458 e. The Bertz CT molecular complexity index is 484. The lowest BCUT2D eigenvalue weighted by atomic mass is 10.1. The Balaban J connectivity index is 1.84. The summed E-state index contributed by atoms with van der Waals surface area (Å²) in [4.78, 5) is 18.4. The predicted molar refractivity (Wildman–Crippen MR) is 81.9 cm³/mol. The topological polar surface area (TPSA) is 64.8 Å². The van der Waals surface area contributed by atoms with Gasteiger partial charge in [-0.05, 0) is 5.92 Å². The number of morpholine rings is 1. The average molecular weight is 310 g/mol. The molecule has 0 bridgehead atoms. The van der Waals surface area contributed by atoms with Crippen LogP contribution in [0.1, 0.15) is 49.9 Å². The zero-order valence-corrected chi connectivity index (χ0v) is 13.9. The van der Waals surface area contributed by atoms with Crippen LogP contribution in [0.25, 0.3) is 0 Å². The van der Waals surface area contributed by atoms with Crippen LogP contribution in [0.3, 0.4) is 0 Å². The zero-order valence-electron chi connectivity index (χ0n) is 13.9. The molecule has 1 aliphatic heterocycles. The number of oxazole rings is 1. The van der Waals surface area contributed by atoms with Crippen molar-refractivity contribution in [2.24, 2.45) is 5.92 Å². The third-order valence-electron chi connectivity index (χ3n) is 3.56. The molecule has 6 nitrogen and oxygen atoms in total. The molecule has 0 saturated carbocycles. The van der Waals surface area contributed by atoms with Gasteiger partial charge in [0.25, 0.3) is 0 Å². The van der Waals surface area contributed by atoms with Crippen molar-refractivity contribution in [1.82, 2.24) is 9.88 Å². The lowest BCUT2D eigenvalue weighted by molar-refractivity contribution is -0.0614. The van der Waals surface area contributed by atoms with E-state index in [1.165, 1.54) is 6.39 Å². The summed E-state index contributed by atoms with van der Waals surface area (Å²) in [6.07, 6.45) is 1.21. The van der Waals surface area contributed by atoms with E-state index in [0.717, 1.165) is 19.6 Å². The Labute approximate surface area is 131 Å². The number of hydrogen-bond acceptors (Lipinski definition) is 6. The molecular formula is C16H26N2O4. The first-order valence-corrected chi connectivity index (χ1v) is 7.91. The Morgan fingerprint density at radius 3 is 2.91 bits per heavy atom.